The number of halogens is 1. The van der Waals surface area contributed by atoms with E-state index in [0.717, 1.165) is 4.90 Å². The van der Waals surface area contributed by atoms with Crippen LogP contribution in [-0.4, -0.2) is 20.8 Å². The lowest BCUT2D eigenvalue weighted by atomic mass is 10.1. The number of thioether (sulfide) groups is 1. The maximum absolute atomic E-state index is 14.3. The van der Waals surface area contributed by atoms with Crippen LogP contribution in [0.15, 0.2) is 46.5 Å². The molecule has 0 aliphatic rings. The highest BCUT2D eigenvalue weighted by molar-refractivity contribution is 7.98. The zero-order chi connectivity index (χ0) is 15.0. The normalized spacial score (nSPS) is 11.0. The Morgan fingerprint density at radius 2 is 1.95 bits per heavy atom. The number of rotatable bonds is 2. The zero-order valence-corrected chi connectivity index (χ0v) is 12.3. The molecule has 0 amide bonds. The molecular formula is C15H12FN3OS. The second kappa shape index (κ2) is 5.29. The van der Waals surface area contributed by atoms with Crippen molar-refractivity contribution in [2.24, 2.45) is 7.05 Å². The van der Waals surface area contributed by atoms with Gasteiger partial charge in [0.25, 0.3) is 5.56 Å². The summed E-state index contributed by atoms with van der Waals surface area (Å²) in [5.41, 5.74) is 0.0694. The quantitative estimate of drug-likeness (QED) is 0.683. The van der Waals surface area contributed by atoms with Gasteiger partial charge in [-0.3, -0.25) is 4.79 Å². The number of hydrogen-bond donors (Lipinski definition) is 0. The summed E-state index contributed by atoms with van der Waals surface area (Å²) >= 11 is 1.52. The molecule has 2 aromatic heterocycles. The molecule has 3 rings (SSSR count). The lowest BCUT2D eigenvalue weighted by Crippen LogP contribution is -2.15. The van der Waals surface area contributed by atoms with Gasteiger partial charge >= 0.3 is 0 Å². The van der Waals surface area contributed by atoms with Crippen LogP contribution in [0.2, 0.25) is 0 Å². The second-order valence-electron chi connectivity index (χ2n) is 4.60. The fourth-order valence-electron chi connectivity index (χ4n) is 2.09. The molecule has 0 saturated carbocycles. The van der Waals surface area contributed by atoms with Gasteiger partial charge in [-0.05, 0) is 29.8 Å². The van der Waals surface area contributed by atoms with Gasteiger partial charge in [-0.25, -0.2) is 14.4 Å². The van der Waals surface area contributed by atoms with E-state index in [1.807, 2.05) is 6.26 Å². The van der Waals surface area contributed by atoms with Crippen molar-refractivity contribution < 1.29 is 4.39 Å². The molecule has 0 saturated heterocycles. The fourth-order valence-corrected chi connectivity index (χ4v) is 2.41. The van der Waals surface area contributed by atoms with Gasteiger partial charge in [-0.1, -0.05) is 0 Å². The highest BCUT2D eigenvalue weighted by atomic mass is 32.2. The molecule has 21 heavy (non-hydrogen) atoms. The number of pyridine rings is 1. The topological polar surface area (TPSA) is 47.8 Å². The summed E-state index contributed by atoms with van der Waals surface area (Å²) in [6.45, 7) is 0. The molecule has 0 radical (unpaired) electrons. The van der Waals surface area contributed by atoms with E-state index in [1.165, 1.54) is 22.4 Å². The van der Waals surface area contributed by atoms with Crippen LogP contribution >= 0.6 is 11.8 Å². The van der Waals surface area contributed by atoms with Gasteiger partial charge in [-0.2, -0.15) is 0 Å². The third-order valence-electron chi connectivity index (χ3n) is 3.27. The predicted molar refractivity (Wildman–Crippen MR) is 82.0 cm³/mol. The van der Waals surface area contributed by atoms with E-state index < -0.39 is 5.82 Å². The molecule has 0 bridgehead atoms. The summed E-state index contributed by atoms with van der Waals surface area (Å²) < 4.78 is 15.7. The zero-order valence-electron chi connectivity index (χ0n) is 11.5. The van der Waals surface area contributed by atoms with E-state index in [2.05, 4.69) is 9.97 Å². The average molecular weight is 301 g/mol. The molecule has 4 nitrogen and oxygen atoms in total. The van der Waals surface area contributed by atoms with Gasteiger partial charge in [0.15, 0.2) is 5.82 Å². The Morgan fingerprint density at radius 3 is 2.62 bits per heavy atom. The fraction of sp³-hybridized carbons (Fsp3) is 0.133. The van der Waals surface area contributed by atoms with E-state index in [-0.39, 0.29) is 5.56 Å². The third-order valence-corrected chi connectivity index (χ3v) is 3.95. The molecule has 0 aliphatic heterocycles. The summed E-state index contributed by atoms with van der Waals surface area (Å²) in [6, 6.07) is 4.63. The van der Waals surface area contributed by atoms with Crippen LogP contribution in [0, 0.1) is 5.82 Å². The molecular weight excluding hydrogens is 289 g/mol. The maximum Gasteiger partial charge on any atom is 0.258 e. The first-order valence-corrected chi connectivity index (χ1v) is 7.48. The average Bonchev–Trinajstić information content (AvgIpc) is 2.51. The van der Waals surface area contributed by atoms with E-state index in [0.29, 0.717) is 22.2 Å². The number of hydrogen-bond acceptors (Lipinski definition) is 4. The van der Waals surface area contributed by atoms with Gasteiger partial charge in [0.2, 0.25) is 0 Å². The van der Waals surface area contributed by atoms with Crippen LogP contribution in [0.25, 0.3) is 22.2 Å². The number of benzene rings is 1. The molecule has 1 aromatic carbocycles. The van der Waals surface area contributed by atoms with Gasteiger partial charge in [-0.15, -0.1) is 11.8 Å². The number of aromatic nitrogens is 3. The van der Waals surface area contributed by atoms with Crippen molar-refractivity contribution in [3.63, 3.8) is 0 Å². The first-order valence-electron chi connectivity index (χ1n) is 6.25. The Morgan fingerprint density at radius 1 is 1.24 bits per heavy atom. The Hall–Kier alpha value is -2.21. The summed E-state index contributed by atoms with van der Waals surface area (Å²) in [6.07, 6.45) is 6.89. The molecule has 6 heteroatoms. The van der Waals surface area contributed by atoms with Crippen LogP contribution in [-0.2, 0) is 7.05 Å². The van der Waals surface area contributed by atoms with E-state index in [1.54, 1.807) is 37.8 Å². The Balaban J connectivity index is 2.21. The van der Waals surface area contributed by atoms with Crippen molar-refractivity contribution in [1.29, 1.82) is 0 Å². The van der Waals surface area contributed by atoms with Crippen LogP contribution in [0.4, 0.5) is 4.39 Å². The smallest absolute Gasteiger partial charge is 0.258 e. The predicted octanol–water partition coefficient (Wildman–Crippen LogP) is 2.86. The summed E-state index contributed by atoms with van der Waals surface area (Å²) in [4.78, 5) is 21.2. The molecule has 2 heterocycles. The largest absolute Gasteiger partial charge is 0.318 e. The highest BCUT2D eigenvalue weighted by Gasteiger charge is 2.12. The molecule has 106 valence electrons. The Bertz CT molecular complexity index is 874. The van der Waals surface area contributed by atoms with Crippen LogP contribution in [0.5, 0.6) is 0 Å². The molecule has 0 unspecified atom stereocenters. The van der Waals surface area contributed by atoms with Crippen molar-refractivity contribution in [3.05, 3.63) is 53.0 Å². The van der Waals surface area contributed by atoms with E-state index in [4.69, 9.17) is 0 Å². The van der Waals surface area contributed by atoms with Gasteiger partial charge in [0.05, 0.1) is 10.9 Å². The Labute approximate surface area is 124 Å². The maximum atomic E-state index is 14.3. The van der Waals surface area contributed by atoms with Crippen molar-refractivity contribution in [2.45, 2.75) is 4.90 Å². The van der Waals surface area contributed by atoms with Crippen molar-refractivity contribution in [3.8, 4) is 11.4 Å². The summed E-state index contributed by atoms with van der Waals surface area (Å²) in [7, 11) is 1.64. The standard InChI is InChI=1S/C15H12FN3OS/c1-19-4-3-9-5-12(13(16)6-11(9)15(19)20)14-17-7-10(21-2)8-18-14/h3-8H,1-2H3. The highest BCUT2D eigenvalue weighted by Crippen LogP contribution is 2.24. The van der Waals surface area contributed by atoms with Crippen LogP contribution in [0.3, 0.4) is 0 Å². The van der Waals surface area contributed by atoms with Gasteiger partial charge in [0, 0.05) is 30.5 Å². The SMILES string of the molecule is CSc1cnc(-c2cc3ccn(C)c(=O)c3cc2F)nc1. The van der Waals surface area contributed by atoms with Gasteiger partial charge in [0.1, 0.15) is 5.82 Å². The lowest BCUT2D eigenvalue weighted by molar-refractivity contribution is 0.631. The van der Waals surface area contributed by atoms with Crippen molar-refractivity contribution in [1.82, 2.24) is 14.5 Å². The summed E-state index contributed by atoms with van der Waals surface area (Å²) in [5.74, 6) is -0.185. The minimum absolute atomic E-state index is 0.225. The molecule has 0 N–H and O–H groups in total. The summed E-state index contributed by atoms with van der Waals surface area (Å²) in [5, 5.41) is 1.02. The third kappa shape index (κ3) is 2.42. The second-order valence-corrected chi connectivity index (χ2v) is 5.48. The minimum Gasteiger partial charge on any atom is -0.318 e. The first-order chi connectivity index (χ1) is 10.1. The van der Waals surface area contributed by atoms with Gasteiger partial charge < -0.3 is 4.57 Å². The van der Waals surface area contributed by atoms with Crippen LogP contribution in [0.1, 0.15) is 0 Å². The minimum atomic E-state index is -0.497. The van der Waals surface area contributed by atoms with E-state index >= 15 is 0 Å². The van der Waals surface area contributed by atoms with E-state index in [9.17, 15) is 9.18 Å². The Kier molecular flexibility index (Phi) is 3.47. The first kappa shape index (κ1) is 13.8. The molecule has 0 aliphatic carbocycles. The van der Waals surface area contributed by atoms with Crippen LogP contribution < -0.4 is 5.56 Å². The lowest BCUT2D eigenvalue weighted by Gasteiger charge is -2.06. The molecule has 0 fully saturated rings. The monoisotopic (exact) mass is 301 g/mol. The van der Waals surface area contributed by atoms with Crippen molar-refractivity contribution in [2.75, 3.05) is 6.26 Å². The molecule has 0 spiro atoms. The molecule has 3 aromatic rings. The number of nitrogens with zero attached hydrogens (tertiary/aromatic N) is 3. The molecule has 0 atom stereocenters. The number of fused-ring (bicyclic) bond motifs is 1. The van der Waals surface area contributed by atoms with Crippen molar-refractivity contribution >= 4 is 22.5 Å². The number of aryl methyl sites for hydroxylation is 1.